The minimum absolute atomic E-state index is 0.159. The Morgan fingerprint density at radius 1 is 1.05 bits per heavy atom. The second-order valence-electron chi connectivity index (χ2n) is 11.0. The molecule has 11 heteroatoms. The van der Waals surface area contributed by atoms with Crippen LogP contribution < -0.4 is 4.90 Å². The minimum atomic E-state index is -3.71. The molecule has 0 unspecified atom stereocenters. The number of morpholine rings is 1. The molecule has 4 rings (SSSR count). The van der Waals surface area contributed by atoms with Crippen molar-refractivity contribution in [2.45, 2.75) is 39.0 Å². The van der Waals surface area contributed by atoms with Gasteiger partial charge in [0.15, 0.2) is 5.13 Å². The standard InChI is InChI=1S/C29H39FN4O4S2/c1-21(2)19-33(20-22(3)4)40(36,37)24-11-9-23(10-12-24)28(35)34(14-6-13-32-15-17-38-18-16-32)29-31-27-25(30)7-5-8-26(27)39-29/h5,7-12,21-22H,6,13-20H2,1-4H3. The van der Waals surface area contributed by atoms with Crippen LogP contribution in [0.15, 0.2) is 47.4 Å². The third kappa shape index (κ3) is 7.44. The second kappa shape index (κ2) is 13.5. The van der Waals surface area contributed by atoms with Crippen molar-refractivity contribution in [1.29, 1.82) is 0 Å². The van der Waals surface area contributed by atoms with E-state index in [1.165, 1.54) is 33.8 Å². The highest BCUT2D eigenvalue weighted by Gasteiger charge is 2.27. The number of fused-ring (bicyclic) bond motifs is 1. The van der Waals surface area contributed by atoms with E-state index in [0.29, 0.717) is 54.7 Å². The molecule has 0 N–H and O–H groups in total. The number of para-hydroxylation sites is 1. The number of hydrogen-bond donors (Lipinski definition) is 0. The molecule has 40 heavy (non-hydrogen) atoms. The zero-order valence-electron chi connectivity index (χ0n) is 23.7. The number of nitrogens with zero attached hydrogens (tertiary/aromatic N) is 4. The number of thiazole rings is 1. The van der Waals surface area contributed by atoms with Crippen LogP contribution in [0.25, 0.3) is 10.2 Å². The van der Waals surface area contributed by atoms with E-state index < -0.39 is 15.8 Å². The molecular formula is C29H39FN4O4S2. The van der Waals surface area contributed by atoms with Crippen molar-refractivity contribution in [2.75, 3.05) is 57.4 Å². The third-order valence-corrected chi connectivity index (χ3v) is 9.56. The highest BCUT2D eigenvalue weighted by Crippen LogP contribution is 2.31. The quantitative estimate of drug-likeness (QED) is 0.292. The maximum absolute atomic E-state index is 14.4. The predicted molar refractivity (Wildman–Crippen MR) is 158 cm³/mol. The largest absolute Gasteiger partial charge is 0.379 e. The molecule has 0 spiro atoms. The van der Waals surface area contributed by atoms with Gasteiger partial charge in [0, 0.05) is 44.8 Å². The van der Waals surface area contributed by atoms with Gasteiger partial charge in [0.05, 0.1) is 22.8 Å². The van der Waals surface area contributed by atoms with Gasteiger partial charge < -0.3 is 4.74 Å². The van der Waals surface area contributed by atoms with E-state index in [2.05, 4.69) is 9.88 Å². The molecule has 1 aromatic heterocycles. The van der Waals surface area contributed by atoms with E-state index in [0.717, 1.165) is 19.6 Å². The van der Waals surface area contributed by atoms with E-state index in [1.807, 2.05) is 27.7 Å². The summed E-state index contributed by atoms with van der Waals surface area (Å²) in [5, 5.41) is 0.420. The molecule has 1 aliphatic rings. The summed E-state index contributed by atoms with van der Waals surface area (Å²) < 4.78 is 48.9. The van der Waals surface area contributed by atoms with E-state index in [9.17, 15) is 17.6 Å². The maximum atomic E-state index is 14.4. The molecule has 0 aliphatic carbocycles. The lowest BCUT2D eigenvalue weighted by molar-refractivity contribution is 0.0376. The van der Waals surface area contributed by atoms with Crippen LogP contribution >= 0.6 is 11.3 Å². The highest BCUT2D eigenvalue weighted by molar-refractivity contribution is 7.89. The summed E-state index contributed by atoms with van der Waals surface area (Å²) >= 11 is 1.27. The first-order chi connectivity index (χ1) is 19.1. The number of ether oxygens (including phenoxy) is 1. The van der Waals surface area contributed by atoms with Crippen molar-refractivity contribution in [3.05, 3.63) is 53.8 Å². The number of benzene rings is 2. The Hall–Kier alpha value is -2.44. The number of rotatable bonds is 12. The molecule has 218 valence electrons. The fourth-order valence-corrected chi connectivity index (χ4v) is 7.51. The fraction of sp³-hybridized carbons (Fsp3) is 0.517. The van der Waals surface area contributed by atoms with Gasteiger partial charge in [-0.25, -0.2) is 17.8 Å². The summed E-state index contributed by atoms with van der Waals surface area (Å²) in [4.78, 5) is 22.3. The summed E-state index contributed by atoms with van der Waals surface area (Å²) in [6, 6.07) is 10.9. The molecule has 8 nitrogen and oxygen atoms in total. The maximum Gasteiger partial charge on any atom is 0.260 e. The number of halogens is 1. The van der Waals surface area contributed by atoms with Crippen LogP contribution in [0, 0.1) is 17.7 Å². The fourth-order valence-electron chi connectivity index (χ4n) is 4.74. The van der Waals surface area contributed by atoms with Gasteiger partial charge in [-0.05, 0) is 54.7 Å². The Morgan fingerprint density at radius 2 is 1.70 bits per heavy atom. The number of amides is 1. The minimum Gasteiger partial charge on any atom is -0.379 e. The molecule has 1 amide bonds. The third-order valence-electron chi connectivity index (χ3n) is 6.67. The first-order valence-electron chi connectivity index (χ1n) is 13.8. The van der Waals surface area contributed by atoms with Crippen molar-refractivity contribution in [1.82, 2.24) is 14.2 Å². The second-order valence-corrected chi connectivity index (χ2v) is 13.9. The molecular weight excluding hydrogens is 551 g/mol. The molecule has 0 saturated carbocycles. The lowest BCUT2D eigenvalue weighted by atomic mass is 10.2. The summed E-state index contributed by atoms with van der Waals surface area (Å²) in [7, 11) is -3.71. The van der Waals surface area contributed by atoms with Gasteiger partial charge in [0.25, 0.3) is 5.91 Å². The van der Waals surface area contributed by atoms with Crippen molar-refractivity contribution in [3.8, 4) is 0 Å². The Labute approximate surface area is 240 Å². The number of anilines is 1. The summed E-state index contributed by atoms with van der Waals surface area (Å²) in [5.74, 6) is -0.368. The van der Waals surface area contributed by atoms with Crippen LogP contribution in [-0.2, 0) is 14.8 Å². The van der Waals surface area contributed by atoms with E-state index in [4.69, 9.17) is 4.74 Å². The molecule has 0 atom stereocenters. The molecule has 2 aromatic carbocycles. The summed E-state index contributed by atoms with van der Waals surface area (Å²) in [6.07, 6.45) is 0.704. The van der Waals surface area contributed by atoms with Crippen LogP contribution in [0.2, 0.25) is 0 Å². The summed E-state index contributed by atoms with van der Waals surface area (Å²) in [5.41, 5.74) is 0.592. The van der Waals surface area contributed by atoms with Crippen LogP contribution in [0.4, 0.5) is 9.52 Å². The van der Waals surface area contributed by atoms with Gasteiger partial charge in [-0.15, -0.1) is 0 Å². The van der Waals surface area contributed by atoms with Gasteiger partial charge in [0.1, 0.15) is 11.3 Å². The average molecular weight is 591 g/mol. The van der Waals surface area contributed by atoms with Crippen LogP contribution in [0.3, 0.4) is 0 Å². The predicted octanol–water partition coefficient (Wildman–Crippen LogP) is 5.11. The molecule has 3 aromatic rings. The van der Waals surface area contributed by atoms with E-state index >= 15 is 0 Å². The van der Waals surface area contributed by atoms with Crippen LogP contribution in [-0.4, -0.2) is 81.0 Å². The topological polar surface area (TPSA) is 83.1 Å². The monoisotopic (exact) mass is 590 g/mol. The Morgan fingerprint density at radius 3 is 2.30 bits per heavy atom. The molecule has 1 aliphatic heterocycles. The average Bonchev–Trinajstić information content (AvgIpc) is 3.36. The molecule has 1 saturated heterocycles. The van der Waals surface area contributed by atoms with Crippen LogP contribution in [0.5, 0.6) is 0 Å². The Kier molecular flexibility index (Phi) is 10.3. The van der Waals surface area contributed by atoms with Crippen molar-refractivity contribution in [3.63, 3.8) is 0 Å². The molecule has 0 radical (unpaired) electrons. The zero-order chi connectivity index (χ0) is 28.9. The number of carbonyl (C=O) groups is 1. The van der Waals surface area contributed by atoms with Gasteiger partial charge in [0.2, 0.25) is 10.0 Å². The number of hydrogen-bond acceptors (Lipinski definition) is 7. The molecule has 1 fully saturated rings. The van der Waals surface area contributed by atoms with Crippen molar-refractivity contribution in [2.24, 2.45) is 11.8 Å². The van der Waals surface area contributed by atoms with Gasteiger partial charge >= 0.3 is 0 Å². The number of carbonyl (C=O) groups excluding carboxylic acids is 1. The Balaban J connectivity index is 1.58. The smallest absolute Gasteiger partial charge is 0.260 e. The first kappa shape index (κ1) is 30.5. The lowest BCUT2D eigenvalue weighted by Gasteiger charge is -2.28. The highest BCUT2D eigenvalue weighted by atomic mass is 32.2. The van der Waals surface area contributed by atoms with Gasteiger partial charge in [-0.1, -0.05) is 45.1 Å². The van der Waals surface area contributed by atoms with Gasteiger partial charge in [-0.3, -0.25) is 14.6 Å². The normalized spacial score (nSPS) is 15.0. The SMILES string of the molecule is CC(C)CN(CC(C)C)S(=O)(=O)c1ccc(C(=O)N(CCCN2CCOCC2)c2nc3c(F)cccc3s2)cc1. The Bertz CT molecular complexity index is 1380. The van der Waals surface area contributed by atoms with E-state index in [-0.39, 0.29) is 28.2 Å². The first-order valence-corrected chi connectivity index (χ1v) is 16.1. The van der Waals surface area contributed by atoms with Crippen molar-refractivity contribution >= 4 is 42.6 Å². The van der Waals surface area contributed by atoms with Gasteiger partial charge in [-0.2, -0.15) is 4.31 Å². The molecule has 2 heterocycles. The van der Waals surface area contributed by atoms with Crippen molar-refractivity contribution < 1.29 is 22.3 Å². The summed E-state index contributed by atoms with van der Waals surface area (Å²) in [6.45, 7) is 13.1. The number of sulfonamides is 1. The van der Waals surface area contributed by atoms with E-state index in [1.54, 1.807) is 29.2 Å². The lowest BCUT2D eigenvalue weighted by Crippen LogP contribution is -2.39. The zero-order valence-corrected chi connectivity index (χ0v) is 25.3. The number of aromatic nitrogens is 1. The molecule has 0 bridgehead atoms. The van der Waals surface area contributed by atoms with Crippen LogP contribution in [0.1, 0.15) is 44.5 Å².